The van der Waals surface area contributed by atoms with Crippen molar-refractivity contribution < 1.29 is 4.79 Å². The number of carbonyl (C=O) groups excluding carboxylic acids is 1. The highest BCUT2D eigenvalue weighted by Crippen LogP contribution is 2.29. The van der Waals surface area contributed by atoms with Crippen LogP contribution in [-0.2, 0) is 6.42 Å². The van der Waals surface area contributed by atoms with E-state index >= 15 is 0 Å². The Hall–Kier alpha value is -1.75. The summed E-state index contributed by atoms with van der Waals surface area (Å²) in [6.45, 7) is 7.18. The van der Waals surface area contributed by atoms with Crippen LogP contribution in [0.3, 0.4) is 0 Å². The number of nitrogens with zero attached hydrogens (tertiary/aromatic N) is 2. The monoisotopic (exact) mass is 310 g/mol. The molecule has 0 atom stereocenters. The fourth-order valence-corrected chi connectivity index (χ4v) is 2.29. The molecule has 0 aliphatic carbocycles. The van der Waals surface area contributed by atoms with E-state index in [-0.39, 0.29) is 6.03 Å². The van der Waals surface area contributed by atoms with Crippen LogP contribution in [-0.4, -0.2) is 32.1 Å². The van der Waals surface area contributed by atoms with E-state index in [2.05, 4.69) is 15.6 Å². The van der Waals surface area contributed by atoms with Gasteiger partial charge in [0.05, 0.1) is 10.7 Å². The van der Waals surface area contributed by atoms with E-state index in [4.69, 9.17) is 11.6 Å². The number of benzene rings is 1. The third-order valence-electron chi connectivity index (χ3n) is 2.98. The first-order valence-corrected chi connectivity index (χ1v) is 7.53. The third-order valence-corrected chi connectivity index (χ3v) is 3.28. The van der Waals surface area contributed by atoms with Gasteiger partial charge in [-0.15, -0.1) is 0 Å². The van der Waals surface area contributed by atoms with Crippen LogP contribution in [0.1, 0.15) is 26.3 Å². The summed E-state index contributed by atoms with van der Waals surface area (Å²) in [6, 6.07) is 5.37. The summed E-state index contributed by atoms with van der Waals surface area (Å²) in [6.07, 6.45) is 0.802. The second kappa shape index (κ2) is 8.52. The Labute approximate surface area is 131 Å². The summed E-state index contributed by atoms with van der Waals surface area (Å²) in [5, 5.41) is 6.34. The first kappa shape index (κ1) is 17.3. The lowest BCUT2D eigenvalue weighted by molar-refractivity contribution is 0.251. The Morgan fingerprint density at radius 1 is 1.33 bits per heavy atom. The molecule has 1 aromatic carbocycles. The van der Waals surface area contributed by atoms with Gasteiger partial charge in [0.1, 0.15) is 0 Å². The molecule has 116 valence electrons. The van der Waals surface area contributed by atoms with Crippen LogP contribution in [0, 0.1) is 0 Å². The van der Waals surface area contributed by atoms with Crippen molar-refractivity contribution in [1.29, 1.82) is 0 Å². The largest absolute Gasteiger partial charge is 0.356 e. The molecule has 0 heterocycles. The van der Waals surface area contributed by atoms with Gasteiger partial charge < -0.3 is 5.32 Å². The number of amides is 2. The molecule has 0 unspecified atom stereocenters. The average Bonchev–Trinajstić information content (AvgIpc) is 2.46. The fraction of sp³-hybridized carbons (Fsp3) is 0.467. The highest BCUT2D eigenvalue weighted by atomic mass is 35.5. The molecule has 21 heavy (non-hydrogen) atoms. The van der Waals surface area contributed by atoms with Crippen LogP contribution in [0.25, 0.3) is 0 Å². The number of urea groups is 1. The van der Waals surface area contributed by atoms with E-state index in [1.165, 1.54) is 4.90 Å². The van der Waals surface area contributed by atoms with Gasteiger partial charge in [0.15, 0.2) is 5.96 Å². The second-order valence-electron chi connectivity index (χ2n) is 4.44. The van der Waals surface area contributed by atoms with Crippen LogP contribution < -0.4 is 15.5 Å². The number of guanidine groups is 1. The van der Waals surface area contributed by atoms with E-state index in [1.54, 1.807) is 13.1 Å². The van der Waals surface area contributed by atoms with Crippen LogP contribution in [0.5, 0.6) is 0 Å². The van der Waals surface area contributed by atoms with Crippen molar-refractivity contribution in [3.8, 4) is 0 Å². The van der Waals surface area contributed by atoms with E-state index in [1.807, 2.05) is 32.9 Å². The SMILES string of the molecule is CCN=C(NCC)NC(=O)N(C)c1c(Cl)cccc1CC. The minimum atomic E-state index is -0.272. The molecule has 2 amide bonds. The highest BCUT2D eigenvalue weighted by Gasteiger charge is 2.18. The van der Waals surface area contributed by atoms with E-state index in [9.17, 15) is 4.79 Å². The maximum Gasteiger partial charge on any atom is 0.328 e. The van der Waals surface area contributed by atoms with Gasteiger partial charge in [-0.25, -0.2) is 4.79 Å². The van der Waals surface area contributed by atoms with Gasteiger partial charge in [-0.1, -0.05) is 30.7 Å². The predicted molar refractivity (Wildman–Crippen MR) is 89.4 cm³/mol. The summed E-state index contributed by atoms with van der Waals surface area (Å²) < 4.78 is 0. The minimum Gasteiger partial charge on any atom is -0.356 e. The minimum absolute atomic E-state index is 0.272. The van der Waals surface area contributed by atoms with Gasteiger partial charge >= 0.3 is 6.03 Å². The number of rotatable bonds is 4. The van der Waals surface area contributed by atoms with Crippen LogP contribution in [0.2, 0.25) is 5.02 Å². The molecule has 0 spiro atoms. The summed E-state index contributed by atoms with van der Waals surface area (Å²) in [4.78, 5) is 18.1. The van der Waals surface area contributed by atoms with Gasteiger partial charge in [0, 0.05) is 20.1 Å². The fourth-order valence-electron chi connectivity index (χ4n) is 1.97. The first-order chi connectivity index (χ1) is 10.0. The Balaban J connectivity index is 2.95. The number of halogens is 1. The van der Waals surface area contributed by atoms with Crippen molar-refractivity contribution in [2.75, 3.05) is 25.0 Å². The molecule has 6 heteroatoms. The number of para-hydroxylation sites is 1. The molecule has 5 nitrogen and oxygen atoms in total. The van der Waals surface area contributed by atoms with Gasteiger partial charge in [-0.3, -0.25) is 15.2 Å². The van der Waals surface area contributed by atoms with Gasteiger partial charge in [0.25, 0.3) is 0 Å². The first-order valence-electron chi connectivity index (χ1n) is 7.15. The number of aryl methyl sites for hydroxylation is 1. The van der Waals surface area contributed by atoms with Gasteiger partial charge in [-0.2, -0.15) is 0 Å². The zero-order valence-corrected chi connectivity index (χ0v) is 13.8. The number of hydrogen-bond donors (Lipinski definition) is 2. The molecule has 0 aliphatic heterocycles. The lowest BCUT2D eigenvalue weighted by Gasteiger charge is -2.22. The van der Waals surface area contributed by atoms with Gasteiger partial charge in [0.2, 0.25) is 0 Å². The second-order valence-corrected chi connectivity index (χ2v) is 4.85. The molecule has 0 bridgehead atoms. The number of carbonyl (C=O) groups is 1. The Morgan fingerprint density at radius 2 is 2.05 bits per heavy atom. The van der Waals surface area contributed by atoms with Crippen LogP contribution in [0.4, 0.5) is 10.5 Å². The Morgan fingerprint density at radius 3 is 2.62 bits per heavy atom. The molecule has 0 radical (unpaired) electrons. The van der Waals surface area contributed by atoms with Crippen molar-refractivity contribution in [3.63, 3.8) is 0 Å². The smallest absolute Gasteiger partial charge is 0.328 e. The molecule has 0 saturated carbocycles. The molecule has 0 aromatic heterocycles. The summed E-state index contributed by atoms with van der Waals surface area (Å²) in [5.74, 6) is 0.474. The van der Waals surface area contributed by atoms with Gasteiger partial charge in [-0.05, 0) is 31.9 Å². The van der Waals surface area contributed by atoms with Crippen molar-refractivity contribution in [1.82, 2.24) is 10.6 Å². The van der Waals surface area contributed by atoms with E-state index in [0.29, 0.717) is 24.1 Å². The molecule has 0 aliphatic rings. The predicted octanol–water partition coefficient (Wildman–Crippen LogP) is 3.03. The Bertz CT molecular complexity index is 516. The van der Waals surface area contributed by atoms with Crippen molar-refractivity contribution >= 4 is 29.3 Å². The van der Waals surface area contributed by atoms with Crippen molar-refractivity contribution in [2.45, 2.75) is 27.2 Å². The van der Waals surface area contributed by atoms with Crippen LogP contribution >= 0.6 is 11.6 Å². The zero-order valence-electron chi connectivity index (χ0n) is 13.0. The maximum absolute atomic E-state index is 12.4. The van der Waals surface area contributed by atoms with E-state index in [0.717, 1.165) is 17.7 Å². The number of anilines is 1. The quantitative estimate of drug-likeness (QED) is 0.663. The van der Waals surface area contributed by atoms with Crippen molar-refractivity contribution in [2.24, 2.45) is 4.99 Å². The molecule has 1 aromatic rings. The normalized spacial score (nSPS) is 11.2. The number of nitrogens with one attached hydrogen (secondary N) is 2. The molecular weight excluding hydrogens is 288 g/mol. The third kappa shape index (κ3) is 4.63. The lowest BCUT2D eigenvalue weighted by atomic mass is 10.1. The van der Waals surface area contributed by atoms with E-state index < -0.39 is 0 Å². The standard InChI is InChI=1S/C15H23ClN4O/c1-5-11-9-8-10-12(16)13(11)20(4)15(21)19-14(17-6-2)18-7-3/h8-10H,5-7H2,1-4H3,(H2,17,18,19,21). The summed E-state index contributed by atoms with van der Waals surface area (Å²) in [5.41, 5.74) is 1.75. The van der Waals surface area contributed by atoms with Crippen LogP contribution in [0.15, 0.2) is 23.2 Å². The molecule has 2 N–H and O–H groups in total. The number of aliphatic imine (C=N–C) groups is 1. The molecule has 0 fully saturated rings. The van der Waals surface area contributed by atoms with Crippen molar-refractivity contribution in [3.05, 3.63) is 28.8 Å². The Kier molecular flexibility index (Phi) is 7.02. The summed E-state index contributed by atoms with van der Waals surface area (Å²) in [7, 11) is 1.70. The summed E-state index contributed by atoms with van der Waals surface area (Å²) >= 11 is 6.24. The highest BCUT2D eigenvalue weighted by molar-refractivity contribution is 6.34. The molecule has 1 rings (SSSR count). The lowest BCUT2D eigenvalue weighted by Crippen LogP contribution is -2.47. The molecular formula is C15H23ClN4O. The maximum atomic E-state index is 12.4. The topological polar surface area (TPSA) is 56.7 Å². The number of hydrogen-bond acceptors (Lipinski definition) is 2. The average molecular weight is 311 g/mol. The zero-order chi connectivity index (χ0) is 15.8. The molecule has 0 saturated heterocycles.